The standard InChI is InChI=1S/C9H13NO5/c1-5(8(12)14-3)6(2)10-7(11)9(13)15-4/h1-4H3,(H,10,11)/b6-5-. The number of nitrogens with one attached hydrogen (secondary N) is 1. The van der Waals surface area contributed by atoms with Gasteiger partial charge in [0.1, 0.15) is 0 Å². The second kappa shape index (κ2) is 5.79. The number of rotatable bonds is 2. The minimum atomic E-state index is -1.02. The topological polar surface area (TPSA) is 81.7 Å². The number of amides is 1. The molecular weight excluding hydrogens is 202 g/mol. The highest BCUT2D eigenvalue weighted by molar-refractivity contribution is 6.32. The maximum atomic E-state index is 11.0. The first-order valence-corrected chi connectivity index (χ1v) is 4.09. The smallest absolute Gasteiger partial charge is 0.396 e. The summed E-state index contributed by atoms with van der Waals surface area (Å²) in [5.74, 6) is -2.53. The molecule has 0 rings (SSSR count). The van der Waals surface area contributed by atoms with Crippen molar-refractivity contribution in [1.82, 2.24) is 5.32 Å². The molecule has 0 fully saturated rings. The van der Waals surface area contributed by atoms with Gasteiger partial charge in [0.15, 0.2) is 0 Å². The lowest BCUT2D eigenvalue weighted by Crippen LogP contribution is -2.31. The molecule has 0 bridgehead atoms. The molecule has 0 aliphatic carbocycles. The van der Waals surface area contributed by atoms with Gasteiger partial charge in [-0.15, -0.1) is 0 Å². The second-order valence-electron chi connectivity index (χ2n) is 2.69. The molecule has 0 atom stereocenters. The fourth-order valence-electron chi connectivity index (χ4n) is 0.714. The lowest BCUT2D eigenvalue weighted by atomic mass is 10.2. The second-order valence-corrected chi connectivity index (χ2v) is 2.69. The number of allylic oxidation sites excluding steroid dienone is 1. The number of carbonyl (C=O) groups is 3. The summed E-state index contributed by atoms with van der Waals surface area (Å²) in [6.07, 6.45) is 0. The Kier molecular flexibility index (Phi) is 5.08. The fraction of sp³-hybridized carbons (Fsp3) is 0.444. The third-order valence-corrected chi connectivity index (χ3v) is 1.73. The first-order chi connectivity index (χ1) is 6.93. The van der Waals surface area contributed by atoms with Crippen LogP contribution in [0.3, 0.4) is 0 Å². The molecule has 6 nitrogen and oxygen atoms in total. The molecule has 0 saturated carbocycles. The summed E-state index contributed by atoms with van der Waals surface area (Å²) in [6, 6.07) is 0. The molecule has 1 amide bonds. The van der Waals surface area contributed by atoms with Crippen molar-refractivity contribution in [3.8, 4) is 0 Å². The van der Waals surface area contributed by atoms with Gasteiger partial charge >= 0.3 is 17.8 Å². The van der Waals surface area contributed by atoms with Crippen molar-refractivity contribution in [3.05, 3.63) is 11.3 Å². The SMILES string of the molecule is COC(=O)C(=O)N/C(C)=C(/C)C(=O)OC. The van der Waals surface area contributed by atoms with E-state index in [4.69, 9.17) is 0 Å². The summed E-state index contributed by atoms with van der Waals surface area (Å²) in [5.41, 5.74) is 0.465. The normalized spacial score (nSPS) is 11.2. The summed E-state index contributed by atoms with van der Waals surface area (Å²) >= 11 is 0. The maximum Gasteiger partial charge on any atom is 0.396 e. The minimum absolute atomic E-state index is 0.217. The van der Waals surface area contributed by atoms with Gasteiger partial charge in [-0.1, -0.05) is 0 Å². The minimum Gasteiger partial charge on any atom is -0.466 e. The number of methoxy groups -OCH3 is 2. The Morgan fingerprint density at radius 1 is 0.933 bits per heavy atom. The van der Waals surface area contributed by atoms with E-state index in [-0.39, 0.29) is 11.3 Å². The lowest BCUT2D eigenvalue weighted by molar-refractivity contribution is -0.152. The molecule has 0 radical (unpaired) electrons. The first kappa shape index (κ1) is 13.2. The summed E-state index contributed by atoms with van der Waals surface area (Å²) < 4.78 is 8.63. The zero-order chi connectivity index (χ0) is 12.0. The molecule has 0 heterocycles. The molecule has 0 aromatic heterocycles. The van der Waals surface area contributed by atoms with Gasteiger partial charge in [-0.3, -0.25) is 4.79 Å². The number of esters is 2. The Labute approximate surface area is 87.2 Å². The molecule has 1 N–H and O–H groups in total. The van der Waals surface area contributed by atoms with E-state index in [1.54, 1.807) is 0 Å². The summed E-state index contributed by atoms with van der Waals surface area (Å²) in [7, 11) is 2.31. The van der Waals surface area contributed by atoms with E-state index in [2.05, 4.69) is 14.8 Å². The van der Waals surface area contributed by atoms with Crippen LogP contribution in [0.2, 0.25) is 0 Å². The van der Waals surface area contributed by atoms with Gasteiger partial charge in [0.25, 0.3) is 0 Å². The van der Waals surface area contributed by atoms with Crippen molar-refractivity contribution < 1.29 is 23.9 Å². The van der Waals surface area contributed by atoms with Gasteiger partial charge in [0.05, 0.1) is 19.8 Å². The Morgan fingerprint density at radius 3 is 1.80 bits per heavy atom. The third kappa shape index (κ3) is 3.80. The predicted octanol–water partition coefficient (Wildman–Crippen LogP) is -0.258. The molecular formula is C9H13NO5. The third-order valence-electron chi connectivity index (χ3n) is 1.73. The first-order valence-electron chi connectivity index (χ1n) is 4.09. The summed E-state index contributed by atoms with van der Waals surface area (Å²) in [6.45, 7) is 2.95. The van der Waals surface area contributed by atoms with E-state index in [0.717, 1.165) is 7.11 Å². The van der Waals surface area contributed by atoms with Crippen molar-refractivity contribution >= 4 is 17.8 Å². The average Bonchev–Trinajstić information content (AvgIpc) is 2.25. The van der Waals surface area contributed by atoms with Gasteiger partial charge in [-0.2, -0.15) is 0 Å². The van der Waals surface area contributed by atoms with Crippen molar-refractivity contribution in [2.45, 2.75) is 13.8 Å². The van der Waals surface area contributed by atoms with Crippen LogP contribution in [0.4, 0.5) is 0 Å². The van der Waals surface area contributed by atoms with Crippen LogP contribution in [0.25, 0.3) is 0 Å². The van der Waals surface area contributed by atoms with E-state index >= 15 is 0 Å². The van der Waals surface area contributed by atoms with Gasteiger partial charge in [-0.25, -0.2) is 9.59 Å². The number of hydrogen-bond donors (Lipinski definition) is 1. The van der Waals surface area contributed by atoms with Crippen molar-refractivity contribution in [1.29, 1.82) is 0 Å². The van der Waals surface area contributed by atoms with Crippen LogP contribution in [0.5, 0.6) is 0 Å². The monoisotopic (exact) mass is 215 g/mol. The highest BCUT2D eigenvalue weighted by Crippen LogP contribution is 2.01. The Hall–Kier alpha value is -1.85. The number of carbonyl (C=O) groups excluding carboxylic acids is 3. The molecule has 84 valence electrons. The largest absolute Gasteiger partial charge is 0.466 e. The Balaban J connectivity index is 4.60. The van der Waals surface area contributed by atoms with Crippen LogP contribution in [0, 0.1) is 0 Å². The van der Waals surface area contributed by atoms with Crippen LogP contribution in [0.1, 0.15) is 13.8 Å². The molecule has 0 aromatic rings. The molecule has 6 heteroatoms. The van der Waals surface area contributed by atoms with Crippen molar-refractivity contribution in [2.24, 2.45) is 0 Å². The van der Waals surface area contributed by atoms with E-state index in [1.807, 2.05) is 0 Å². The van der Waals surface area contributed by atoms with E-state index in [0.29, 0.717) is 0 Å². The maximum absolute atomic E-state index is 11.0. The van der Waals surface area contributed by atoms with Gasteiger partial charge in [0.2, 0.25) is 0 Å². The van der Waals surface area contributed by atoms with Crippen LogP contribution in [-0.4, -0.2) is 32.1 Å². The Morgan fingerprint density at radius 2 is 1.40 bits per heavy atom. The summed E-state index contributed by atoms with van der Waals surface area (Å²) in [4.78, 5) is 32.8. The molecule has 15 heavy (non-hydrogen) atoms. The lowest BCUT2D eigenvalue weighted by Gasteiger charge is -2.06. The van der Waals surface area contributed by atoms with E-state index < -0.39 is 17.8 Å². The zero-order valence-electron chi connectivity index (χ0n) is 9.04. The fourth-order valence-corrected chi connectivity index (χ4v) is 0.714. The van der Waals surface area contributed by atoms with E-state index in [9.17, 15) is 14.4 Å². The zero-order valence-corrected chi connectivity index (χ0v) is 9.04. The van der Waals surface area contributed by atoms with Crippen LogP contribution >= 0.6 is 0 Å². The average molecular weight is 215 g/mol. The van der Waals surface area contributed by atoms with Crippen LogP contribution in [0.15, 0.2) is 11.3 Å². The molecule has 0 aromatic carbocycles. The molecule has 0 spiro atoms. The molecule has 0 aliphatic rings. The number of ether oxygens (including phenoxy) is 2. The van der Waals surface area contributed by atoms with Crippen molar-refractivity contribution in [2.75, 3.05) is 14.2 Å². The van der Waals surface area contributed by atoms with Gasteiger partial charge < -0.3 is 14.8 Å². The molecule has 0 aliphatic heterocycles. The predicted molar refractivity (Wildman–Crippen MR) is 50.5 cm³/mol. The number of hydrogen-bond acceptors (Lipinski definition) is 5. The van der Waals surface area contributed by atoms with Crippen molar-refractivity contribution in [3.63, 3.8) is 0 Å². The van der Waals surface area contributed by atoms with Gasteiger partial charge in [-0.05, 0) is 13.8 Å². The highest BCUT2D eigenvalue weighted by atomic mass is 16.5. The summed E-state index contributed by atoms with van der Waals surface area (Å²) in [5, 5.41) is 2.21. The van der Waals surface area contributed by atoms with Gasteiger partial charge in [0, 0.05) is 5.70 Å². The van der Waals surface area contributed by atoms with Crippen LogP contribution < -0.4 is 5.32 Å². The molecule has 0 saturated heterocycles. The van der Waals surface area contributed by atoms with Crippen LogP contribution in [-0.2, 0) is 23.9 Å². The highest BCUT2D eigenvalue weighted by Gasteiger charge is 2.16. The Bertz CT molecular complexity index is 318. The quantitative estimate of drug-likeness (QED) is 0.390. The molecule has 0 unspecified atom stereocenters. The van der Waals surface area contributed by atoms with E-state index in [1.165, 1.54) is 21.0 Å².